The van der Waals surface area contributed by atoms with E-state index in [1.165, 1.54) is 0 Å². The Morgan fingerprint density at radius 3 is 2.63 bits per heavy atom. The van der Waals surface area contributed by atoms with E-state index in [0.29, 0.717) is 23.6 Å². The van der Waals surface area contributed by atoms with Crippen molar-refractivity contribution in [1.29, 1.82) is 0 Å². The third-order valence-corrected chi connectivity index (χ3v) is 6.74. The summed E-state index contributed by atoms with van der Waals surface area (Å²) in [4.78, 5) is 35.5. The van der Waals surface area contributed by atoms with Crippen molar-refractivity contribution < 1.29 is 9.59 Å². The maximum atomic E-state index is 12.8. The summed E-state index contributed by atoms with van der Waals surface area (Å²) < 4.78 is 0. The molecule has 35 heavy (non-hydrogen) atoms. The lowest BCUT2D eigenvalue weighted by molar-refractivity contribution is -0.122. The minimum Gasteiger partial charge on any atom is -0.337 e. The van der Waals surface area contributed by atoms with Crippen molar-refractivity contribution in [3.63, 3.8) is 0 Å². The van der Waals surface area contributed by atoms with Gasteiger partial charge in [-0.05, 0) is 68.8 Å². The fourth-order valence-corrected chi connectivity index (χ4v) is 4.82. The van der Waals surface area contributed by atoms with Crippen LogP contribution in [0.5, 0.6) is 0 Å². The standard InChI is InChI=1S/C27H24N6O2/c1-4-33-22-14-21-20(13-18(22)27(2,3)26(33)35)29-24(30-21)23-17-11-10-15(12-19(17)31-32-23)25(34)28-16-8-6-5-7-9-16/h5-14H,4H2,1-3H3,(H,28,34)(H,29,30)(H,31,32). The minimum atomic E-state index is -0.589. The number of hydrogen-bond donors (Lipinski definition) is 3. The number of nitrogens with one attached hydrogen (secondary N) is 3. The number of para-hydroxylation sites is 1. The molecule has 8 nitrogen and oxygen atoms in total. The van der Waals surface area contributed by atoms with Gasteiger partial charge in [0.25, 0.3) is 5.91 Å². The van der Waals surface area contributed by atoms with E-state index in [2.05, 4.69) is 20.5 Å². The molecule has 0 unspecified atom stereocenters. The average molecular weight is 465 g/mol. The van der Waals surface area contributed by atoms with Crippen molar-refractivity contribution in [3.8, 4) is 11.5 Å². The molecule has 2 aromatic heterocycles. The molecule has 3 N–H and O–H groups in total. The smallest absolute Gasteiger partial charge is 0.255 e. The number of anilines is 2. The van der Waals surface area contributed by atoms with E-state index in [1.807, 2.05) is 74.2 Å². The average Bonchev–Trinajstić information content (AvgIpc) is 3.51. The molecular weight excluding hydrogens is 440 g/mol. The number of hydrogen-bond acceptors (Lipinski definition) is 4. The normalized spacial score (nSPS) is 14.6. The Morgan fingerprint density at radius 2 is 1.86 bits per heavy atom. The molecule has 174 valence electrons. The summed E-state index contributed by atoms with van der Waals surface area (Å²) in [7, 11) is 0. The van der Waals surface area contributed by atoms with Gasteiger partial charge in [-0.2, -0.15) is 5.10 Å². The lowest BCUT2D eigenvalue weighted by Crippen LogP contribution is -2.35. The van der Waals surface area contributed by atoms with Gasteiger partial charge in [-0.3, -0.25) is 14.7 Å². The number of amides is 2. The van der Waals surface area contributed by atoms with E-state index < -0.39 is 5.41 Å². The predicted molar refractivity (Wildman–Crippen MR) is 137 cm³/mol. The van der Waals surface area contributed by atoms with E-state index in [1.54, 1.807) is 12.1 Å². The molecule has 2 amide bonds. The van der Waals surface area contributed by atoms with Crippen LogP contribution in [0.4, 0.5) is 11.4 Å². The lowest BCUT2D eigenvalue weighted by Gasteiger charge is -2.18. The molecule has 0 atom stereocenters. The van der Waals surface area contributed by atoms with Gasteiger partial charge in [0.15, 0.2) is 5.82 Å². The van der Waals surface area contributed by atoms with Gasteiger partial charge < -0.3 is 15.2 Å². The Labute approximate surface area is 201 Å². The van der Waals surface area contributed by atoms with E-state index in [-0.39, 0.29) is 11.8 Å². The van der Waals surface area contributed by atoms with Crippen molar-refractivity contribution in [2.45, 2.75) is 26.2 Å². The second kappa shape index (κ2) is 7.53. The number of carbonyl (C=O) groups excluding carboxylic acids is 2. The fourth-order valence-electron chi connectivity index (χ4n) is 4.82. The third-order valence-electron chi connectivity index (χ3n) is 6.74. The highest BCUT2D eigenvalue weighted by Crippen LogP contribution is 2.43. The molecule has 0 spiro atoms. The minimum absolute atomic E-state index is 0.105. The summed E-state index contributed by atoms with van der Waals surface area (Å²) in [6.45, 7) is 6.51. The van der Waals surface area contributed by atoms with E-state index >= 15 is 0 Å². The quantitative estimate of drug-likeness (QED) is 0.348. The first-order valence-corrected chi connectivity index (χ1v) is 11.6. The van der Waals surface area contributed by atoms with E-state index in [4.69, 9.17) is 4.98 Å². The zero-order chi connectivity index (χ0) is 24.3. The van der Waals surface area contributed by atoms with Crippen LogP contribution in [0.3, 0.4) is 0 Å². The van der Waals surface area contributed by atoms with Crippen molar-refractivity contribution in [2.24, 2.45) is 0 Å². The van der Waals surface area contributed by atoms with Crippen LogP contribution in [0.1, 0.15) is 36.7 Å². The number of nitrogens with zero attached hydrogens (tertiary/aromatic N) is 3. The summed E-state index contributed by atoms with van der Waals surface area (Å²) >= 11 is 0. The number of likely N-dealkylation sites (N-methyl/N-ethyl adjacent to an activating group) is 1. The van der Waals surface area contributed by atoms with Gasteiger partial charge in [-0.15, -0.1) is 0 Å². The number of benzene rings is 3. The molecule has 0 aliphatic carbocycles. The summed E-state index contributed by atoms with van der Waals surface area (Å²) in [6.07, 6.45) is 0. The molecule has 3 heterocycles. The summed E-state index contributed by atoms with van der Waals surface area (Å²) in [5.74, 6) is 0.544. The van der Waals surface area contributed by atoms with Gasteiger partial charge >= 0.3 is 0 Å². The summed E-state index contributed by atoms with van der Waals surface area (Å²) in [6, 6.07) is 18.8. The van der Waals surface area contributed by atoms with Crippen LogP contribution >= 0.6 is 0 Å². The van der Waals surface area contributed by atoms with Crippen LogP contribution in [0, 0.1) is 0 Å². The molecule has 6 rings (SSSR count). The van der Waals surface area contributed by atoms with Crippen molar-refractivity contribution >= 4 is 45.1 Å². The van der Waals surface area contributed by atoms with Gasteiger partial charge in [-0.25, -0.2) is 4.98 Å². The highest BCUT2D eigenvalue weighted by atomic mass is 16.2. The Hall–Kier alpha value is -4.46. The van der Waals surface area contributed by atoms with Gasteiger partial charge in [-0.1, -0.05) is 18.2 Å². The number of H-pyrrole nitrogens is 2. The highest BCUT2D eigenvalue weighted by Gasteiger charge is 2.43. The monoisotopic (exact) mass is 464 g/mol. The van der Waals surface area contributed by atoms with Gasteiger partial charge in [0.1, 0.15) is 5.69 Å². The van der Waals surface area contributed by atoms with Crippen LogP contribution < -0.4 is 10.2 Å². The fraction of sp³-hybridized carbons (Fsp3) is 0.185. The molecule has 1 aliphatic rings. The second-order valence-corrected chi connectivity index (χ2v) is 9.30. The molecule has 8 heteroatoms. The SMILES string of the molecule is CCN1C(=O)C(C)(C)c2cc3nc(-c4n[nH]c5cc(C(=O)Nc6ccccc6)ccc45)[nH]c3cc21. The molecule has 0 fully saturated rings. The Balaban J connectivity index is 1.36. The molecular formula is C27H24N6O2. The second-order valence-electron chi connectivity index (χ2n) is 9.30. The first kappa shape index (κ1) is 21.1. The Kier molecular flexibility index (Phi) is 4.54. The topological polar surface area (TPSA) is 107 Å². The molecule has 0 saturated heterocycles. The van der Waals surface area contributed by atoms with Crippen molar-refractivity contribution in [3.05, 3.63) is 71.8 Å². The molecule has 3 aromatic carbocycles. The number of fused-ring (bicyclic) bond motifs is 3. The number of aromatic nitrogens is 4. The first-order chi connectivity index (χ1) is 16.9. The molecule has 0 radical (unpaired) electrons. The molecule has 0 bridgehead atoms. The first-order valence-electron chi connectivity index (χ1n) is 11.6. The van der Waals surface area contributed by atoms with E-state index in [0.717, 1.165) is 38.9 Å². The number of imidazole rings is 1. The number of rotatable bonds is 4. The number of aromatic amines is 2. The predicted octanol–water partition coefficient (Wildman–Crippen LogP) is 5.00. The molecule has 1 aliphatic heterocycles. The van der Waals surface area contributed by atoms with Gasteiger partial charge in [0, 0.05) is 23.2 Å². The van der Waals surface area contributed by atoms with Crippen LogP contribution in [0.25, 0.3) is 33.5 Å². The van der Waals surface area contributed by atoms with Gasteiger partial charge in [0.05, 0.1) is 27.7 Å². The van der Waals surface area contributed by atoms with Crippen LogP contribution in [0.15, 0.2) is 60.7 Å². The van der Waals surface area contributed by atoms with Crippen LogP contribution in [0.2, 0.25) is 0 Å². The van der Waals surface area contributed by atoms with E-state index in [9.17, 15) is 9.59 Å². The third kappa shape index (κ3) is 3.21. The van der Waals surface area contributed by atoms with Crippen LogP contribution in [-0.4, -0.2) is 38.5 Å². The Morgan fingerprint density at radius 1 is 1.06 bits per heavy atom. The molecule has 0 saturated carbocycles. The largest absolute Gasteiger partial charge is 0.337 e. The van der Waals surface area contributed by atoms with Crippen molar-refractivity contribution in [2.75, 3.05) is 16.8 Å². The Bertz CT molecular complexity index is 1630. The zero-order valence-corrected chi connectivity index (χ0v) is 19.6. The number of carbonyl (C=O) groups is 2. The maximum Gasteiger partial charge on any atom is 0.255 e. The summed E-state index contributed by atoms with van der Waals surface area (Å²) in [5.41, 5.74) is 5.63. The van der Waals surface area contributed by atoms with Crippen molar-refractivity contribution in [1.82, 2.24) is 20.2 Å². The highest BCUT2D eigenvalue weighted by molar-refractivity contribution is 6.10. The van der Waals surface area contributed by atoms with Gasteiger partial charge in [0.2, 0.25) is 5.91 Å². The maximum absolute atomic E-state index is 12.8. The lowest BCUT2D eigenvalue weighted by atomic mass is 9.86. The molecule has 5 aromatic rings. The summed E-state index contributed by atoms with van der Waals surface area (Å²) in [5, 5.41) is 11.3. The zero-order valence-electron chi connectivity index (χ0n) is 19.6. The van der Waals surface area contributed by atoms with Crippen LogP contribution in [-0.2, 0) is 10.2 Å².